The summed E-state index contributed by atoms with van der Waals surface area (Å²) in [6.07, 6.45) is 0.600. The van der Waals surface area contributed by atoms with Crippen molar-refractivity contribution in [2.75, 3.05) is 0 Å². The molecule has 2 heteroatoms. The molecule has 0 amide bonds. The minimum atomic E-state index is -0.315. The second kappa shape index (κ2) is 3.11. The fourth-order valence-corrected chi connectivity index (χ4v) is 1.88. The molecule has 3 atom stereocenters. The van der Waals surface area contributed by atoms with Gasteiger partial charge in [0, 0.05) is 0 Å². The molecular weight excluding hydrogens is 167 g/mol. The Morgan fingerprint density at radius 3 is 2.69 bits per heavy atom. The van der Waals surface area contributed by atoms with Crippen molar-refractivity contribution in [1.29, 1.82) is 0 Å². The summed E-state index contributed by atoms with van der Waals surface area (Å²) in [7, 11) is 0. The Kier molecular flexibility index (Phi) is 2.08. The van der Waals surface area contributed by atoms with Gasteiger partial charge in [-0.1, -0.05) is 18.2 Å². The highest BCUT2D eigenvalue weighted by molar-refractivity contribution is 5.27. The van der Waals surface area contributed by atoms with Gasteiger partial charge in [-0.25, -0.2) is 4.39 Å². The lowest BCUT2D eigenvalue weighted by Crippen LogP contribution is -2.04. The van der Waals surface area contributed by atoms with Crippen LogP contribution in [0.2, 0.25) is 0 Å². The van der Waals surface area contributed by atoms with E-state index >= 15 is 0 Å². The number of hydrogen-bond acceptors (Lipinski definition) is 1. The van der Waals surface area contributed by atoms with E-state index in [2.05, 4.69) is 0 Å². The Morgan fingerprint density at radius 2 is 2.15 bits per heavy atom. The molecule has 1 aromatic rings. The van der Waals surface area contributed by atoms with Crippen LogP contribution < -0.4 is 0 Å². The van der Waals surface area contributed by atoms with Crippen LogP contribution in [0.3, 0.4) is 0 Å². The Bertz CT molecular complexity index is 309. The predicted octanol–water partition coefficient (Wildman–Crippen LogP) is 2.31. The molecule has 2 rings (SSSR count). The molecule has 1 fully saturated rings. The summed E-state index contributed by atoms with van der Waals surface area (Å²) in [6.45, 7) is 1.77. The van der Waals surface area contributed by atoms with Crippen LogP contribution in [-0.4, -0.2) is 11.2 Å². The highest BCUT2D eigenvalue weighted by Gasteiger charge is 2.42. The van der Waals surface area contributed by atoms with Crippen LogP contribution in [0.15, 0.2) is 24.3 Å². The number of hydrogen-bond donors (Lipinski definition) is 1. The van der Waals surface area contributed by atoms with E-state index in [-0.39, 0.29) is 23.8 Å². The molecule has 0 spiro atoms. The second-order valence-corrected chi connectivity index (χ2v) is 3.77. The van der Waals surface area contributed by atoms with Crippen LogP contribution in [0.25, 0.3) is 0 Å². The maximum Gasteiger partial charge on any atom is 0.126 e. The summed E-state index contributed by atoms with van der Waals surface area (Å²) < 4.78 is 13.2. The number of rotatable bonds is 2. The molecule has 0 radical (unpaired) electrons. The first kappa shape index (κ1) is 8.70. The summed E-state index contributed by atoms with van der Waals surface area (Å²) >= 11 is 0. The smallest absolute Gasteiger partial charge is 0.126 e. The van der Waals surface area contributed by atoms with Crippen molar-refractivity contribution in [1.82, 2.24) is 0 Å². The minimum Gasteiger partial charge on any atom is -0.393 e. The molecule has 1 nitrogen and oxygen atoms in total. The number of aliphatic hydroxyl groups is 1. The first-order valence-corrected chi connectivity index (χ1v) is 4.62. The topological polar surface area (TPSA) is 20.2 Å². The summed E-state index contributed by atoms with van der Waals surface area (Å²) in [5, 5.41) is 9.29. The van der Waals surface area contributed by atoms with E-state index in [1.807, 2.05) is 12.1 Å². The largest absolute Gasteiger partial charge is 0.393 e. The quantitative estimate of drug-likeness (QED) is 0.740. The highest BCUT2D eigenvalue weighted by atomic mass is 19.1. The van der Waals surface area contributed by atoms with Gasteiger partial charge in [-0.3, -0.25) is 0 Å². The van der Waals surface area contributed by atoms with Crippen LogP contribution in [0, 0.1) is 11.7 Å². The average molecular weight is 180 g/mol. The molecule has 70 valence electrons. The van der Waals surface area contributed by atoms with E-state index < -0.39 is 0 Å². The SMILES string of the molecule is C[C@@H](O)[C@@H]1C[C@@H]1c1ccccc1F. The normalized spacial score (nSPS) is 28.5. The molecule has 1 aliphatic rings. The molecule has 13 heavy (non-hydrogen) atoms. The Hall–Kier alpha value is -0.890. The Morgan fingerprint density at radius 1 is 1.46 bits per heavy atom. The average Bonchev–Trinajstić information content (AvgIpc) is 2.84. The van der Waals surface area contributed by atoms with E-state index in [4.69, 9.17) is 0 Å². The van der Waals surface area contributed by atoms with Gasteiger partial charge >= 0.3 is 0 Å². The lowest BCUT2D eigenvalue weighted by atomic mass is 10.1. The van der Waals surface area contributed by atoms with Gasteiger partial charge in [0.1, 0.15) is 5.82 Å². The molecule has 1 aliphatic carbocycles. The highest BCUT2D eigenvalue weighted by Crippen LogP contribution is 2.49. The lowest BCUT2D eigenvalue weighted by molar-refractivity contribution is 0.168. The molecule has 1 N–H and O–H groups in total. The van der Waals surface area contributed by atoms with Crippen LogP contribution in [0.1, 0.15) is 24.8 Å². The third-order valence-corrected chi connectivity index (χ3v) is 2.76. The summed E-state index contributed by atoms with van der Waals surface area (Å²) in [4.78, 5) is 0. The fraction of sp³-hybridized carbons (Fsp3) is 0.455. The van der Waals surface area contributed by atoms with Gasteiger partial charge in [0.05, 0.1) is 6.10 Å². The van der Waals surface area contributed by atoms with Gasteiger partial charge in [-0.15, -0.1) is 0 Å². The van der Waals surface area contributed by atoms with Crippen molar-refractivity contribution in [2.24, 2.45) is 5.92 Å². The van der Waals surface area contributed by atoms with Crippen molar-refractivity contribution >= 4 is 0 Å². The van der Waals surface area contributed by atoms with Crippen molar-refractivity contribution in [2.45, 2.75) is 25.4 Å². The van der Waals surface area contributed by atoms with Gasteiger partial charge in [0.15, 0.2) is 0 Å². The molecule has 1 aromatic carbocycles. The van der Waals surface area contributed by atoms with E-state index in [0.29, 0.717) is 0 Å². The van der Waals surface area contributed by atoms with E-state index in [0.717, 1.165) is 12.0 Å². The van der Waals surface area contributed by atoms with E-state index in [9.17, 15) is 9.50 Å². The van der Waals surface area contributed by atoms with Crippen molar-refractivity contribution in [3.05, 3.63) is 35.6 Å². The Balaban J connectivity index is 2.16. The van der Waals surface area contributed by atoms with Crippen LogP contribution in [0.4, 0.5) is 4.39 Å². The summed E-state index contributed by atoms with van der Waals surface area (Å²) in [5.41, 5.74) is 0.758. The Labute approximate surface area is 77.2 Å². The van der Waals surface area contributed by atoms with Gasteiger partial charge in [-0.05, 0) is 36.8 Å². The van der Waals surface area contributed by atoms with E-state index in [1.165, 1.54) is 6.07 Å². The number of benzene rings is 1. The van der Waals surface area contributed by atoms with Gasteiger partial charge in [-0.2, -0.15) is 0 Å². The summed E-state index contributed by atoms with van der Waals surface area (Å²) in [5.74, 6) is 0.355. The molecule has 0 aromatic heterocycles. The van der Waals surface area contributed by atoms with Crippen LogP contribution in [-0.2, 0) is 0 Å². The molecule has 1 saturated carbocycles. The maximum absolute atomic E-state index is 13.2. The van der Waals surface area contributed by atoms with Crippen LogP contribution >= 0.6 is 0 Å². The monoisotopic (exact) mass is 180 g/mol. The number of aliphatic hydroxyl groups excluding tert-OH is 1. The number of halogens is 1. The van der Waals surface area contributed by atoms with Crippen LogP contribution in [0.5, 0.6) is 0 Å². The first-order valence-electron chi connectivity index (χ1n) is 4.62. The van der Waals surface area contributed by atoms with Gasteiger partial charge in [0.25, 0.3) is 0 Å². The zero-order chi connectivity index (χ0) is 9.42. The fourth-order valence-electron chi connectivity index (χ4n) is 1.88. The zero-order valence-electron chi connectivity index (χ0n) is 7.57. The van der Waals surface area contributed by atoms with Crippen molar-refractivity contribution in [3.8, 4) is 0 Å². The minimum absolute atomic E-state index is 0.143. The summed E-state index contributed by atoms with van der Waals surface area (Å²) in [6, 6.07) is 6.82. The molecule has 0 heterocycles. The first-order chi connectivity index (χ1) is 6.20. The second-order valence-electron chi connectivity index (χ2n) is 3.77. The lowest BCUT2D eigenvalue weighted by Gasteiger charge is -2.03. The third-order valence-electron chi connectivity index (χ3n) is 2.76. The molecule has 0 aliphatic heterocycles. The third kappa shape index (κ3) is 1.59. The maximum atomic E-state index is 13.2. The van der Waals surface area contributed by atoms with Gasteiger partial charge < -0.3 is 5.11 Å². The van der Waals surface area contributed by atoms with Crippen molar-refractivity contribution < 1.29 is 9.50 Å². The standard InChI is InChI=1S/C11H13FO/c1-7(13)9-6-10(9)8-4-2-3-5-11(8)12/h2-5,7,9-10,13H,6H2,1H3/t7-,9+,10-/m1/s1. The van der Waals surface area contributed by atoms with Crippen molar-refractivity contribution in [3.63, 3.8) is 0 Å². The molecular formula is C11H13FO. The molecule has 0 unspecified atom stereocenters. The predicted molar refractivity (Wildman–Crippen MR) is 48.9 cm³/mol. The van der Waals surface area contributed by atoms with E-state index in [1.54, 1.807) is 13.0 Å². The molecule has 0 saturated heterocycles. The zero-order valence-corrected chi connectivity index (χ0v) is 7.57. The van der Waals surface area contributed by atoms with Gasteiger partial charge in [0.2, 0.25) is 0 Å². The molecule has 0 bridgehead atoms.